The van der Waals surface area contributed by atoms with Gasteiger partial charge in [-0.1, -0.05) is 18.2 Å². The summed E-state index contributed by atoms with van der Waals surface area (Å²) in [6.07, 6.45) is 5.22. The van der Waals surface area contributed by atoms with E-state index >= 15 is 0 Å². The number of carbonyl (C=O) groups excluding carboxylic acids is 1. The molecule has 5 rings (SSSR count). The van der Waals surface area contributed by atoms with Gasteiger partial charge in [0.05, 0.1) is 19.4 Å². The summed E-state index contributed by atoms with van der Waals surface area (Å²) in [4.78, 5) is 16.7. The predicted octanol–water partition coefficient (Wildman–Crippen LogP) is 6.01. The van der Waals surface area contributed by atoms with Crippen LogP contribution in [0.15, 0.2) is 58.5 Å². The summed E-state index contributed by atoms with van der Waals surface area (Å²) in [7, 11) is 0. The minimum Gasteiger partial charge on any atom is -0.493 e. The fraction of sp³-hybridized carbons (Fsp3) is 0.433. The maximum absolute atomic E-state index is 12.0. The Balaban J connectivity index is 1.02. The lowest BCUT2D eigenvalue weighted by atomic mass is 10.0. The Bertz CT molecular complexity index is 1320. The van der Waals surface area contributed by atoms with E-state index < -0.39 is 0 Å². The molecule has 0 saturated carbocycles. The van der Waals surface area contributed by atoms with E-state index in [1.165, 1.54) is 22.1 Å². The van der Waals surface area contributed by atoms with Gasteiger partial charge in [0.2, 0.25) is 5.91 Å². The number of hydrogen-bond acceptors (Lipinski definition) is 6. The van der Waals surface area contributed by atoms with E-state index in [0.717, 1.165) is 67.8 Å². The summed E-state index contributed by atoms with van der Waals surface area (Å²) in [6.45, 7) is 10.4. The van der Waals surface area contributed by atoms with Crippen LogP contribution in [0.1, 0.15) is 33.1 Å². The number of rotatable bonds is 11. The number of nitrogens with one attached hydrogen (secondary N) is 1. The largest absolute Gasteiger partial charge is 0.493 e. The summed E-state index contributed by atoms with van der Waals surface area (Å²) in [6, 6.07) is 14.9. The SMILES string of the molecule is CC(C)NC(=O)CN1CCN(CCCCCOc2ccc3c(-c4csc5ccccc45)coc3c2)CC1. The topological polar surface area (TPSA) is 58.0 Å². The Kier molecular flexibility index (Phi) is 8.44. The highest BCUT2D eigenvalue weighted by molar-refractivity contribution is 7.17. The first-order valence-corrected chi connectivity index (χ1v) is 14.3. The quantitative estimate of drug-likeness (QED) is 0.246. The number of furan rings is 1. The van der Waals surface area contributed by atoms with Crippen LogP contribution in [-0.4, -0.2) is 67.6 Å². The van der Waals surface area contributed by atoms with Gasteiger partial charge in [0.15, 0.2) is 0 Å². The van der Waals surface area contributed by atoms with E-state index in [1.54, 1.807) is 11.3 Å². The summed E-state index contributed by atoms with van der Waals surface area (Å²) in [5, 5.41) is 7.58. The maximum atomic E-state index is 12.0. The van der Waals surface area contributed by atoms with Gasteiger partial charge in [0, 0.05) is 64.9 Å². The number of nitrogens with zero attached hydrogens (tertiary/aromatic N) is 2. The lowest BCUT2D eigenvalue weighted by molar-refractivity contribution is -0.123. The van der Waals surface area contributed by atoms with Crippen molar-refractivity contribution in [2.75, 3.05) is 45.9 Å². The van der Waals surface area contributed by atoms with E-state index in [2.05, 4.69) is 56.9 Å². The number of unbranched alkanes of at least 4 members (excludes halogenated alkanes) is 2. The second kappa shape index (κ2) is 12.1. The molecule has 1 saturated heterocycles. The molecular formula is C30H37N3O3S. The molecule has 0 spiro atoms. The second-order valence-corrected chi connectivity index (χ2v) is 11.1. The van der Waals surface area contributed by atoms with Gasteiger partial charge >= 0.3 is 0 Å². The maximum Gasteiger partial charge on any atom is 0.234 e. The second-order valence-electron chi connectivity index (χ2n) is 10.2. The third-order valence-electron chi connectivity index (χ3n) is 6.99. The molecule has 0 radical (unpaired) electrons. The zero-order chi connectivity index (χ0) is 25.6. The smallest absolute Gasteiger partial charge is 0.234 e. The van der Waals surface area contributed by atoms with E-state index in [9.17, 15) is 4.79 Å². The molecule has 3 heterocycles. The molecule has 0 atom stereocenters. The van der Waals surface area contributed by atoms with Crippen LogP contribution >= 0.6 is 11.3 Å². The van der Waals surface area contributed by atoms with Crippen molar-refractivity contribution in [2.45, 2.75) is 39.2 Å². The number of piperazine rings is 1. The van der Waals surface area contributed by atoms with Gasteiger partial charge in [-0.2, -0.15) is 0 Å². The fourth-order valence-corrected chi connectivity index (χ4v) is 6.00. The Morgan fingerprint density at radius 3 is 2.65 bits per heavy atom. The lowest BCUT2D eigenvalue weighted by Crippen LogP contribution is -2.50. The first-order valence-electron chi connectivity index (χ1n) is 13.4. The third-order valence-corrected chi connectivity index (χ3v) is 7.95. The molecule has 1 fully saturated rings. The summed E-state index contributed by atoms with van der Waals surface area (Å²) < 4.78 is 13.2. The molecule has 37 heavy (non-hydrogen) atoms. The van der Waals surface area contributed by atoms with Crippen molar-refractivity contribution in [2.24, 2.45) is 0 Å². The van der Waals surface area contributed by atoms with Crippen LogP contribution in [0.5, 0.6) is 5.75 Å². The Labute approximate surface area is 223 Å². The molecule has 1 aliphatic heterocycles. The Morgan fingerprint density at radius 2 is 1.81 bits per heavy atom. The van der Waals surface area contributed by atoms with Gasteiger partial charge in [-0.15, -0.1) is 11.3 Å². The number of thiophene rings is 1. The van der Waals surface area contributed by atoms with Crippen molar-refractivity contribution < 1.29 is 13.9 Å². The Morgan fingerprint density at radius 1 is 1.00 bits per heavy atom. The standard InChI is InChI=1S/C30H37N3O3S/c1-22(2)31-30(34)19-33-15-13-32(14-16-33)12-6-3-7-17-35-23-10-11-24-26(20-36-28(24)18-23)27-21-37-29-9-5-4-8-25(27)29/h4-5,8-11,18,20-22H,3,6-7,12-17,19H2,1-2H3,(H,31,34). The van der Waals surface area contributed by atoms with Crippen LogP contribution < -0.4 is 10.1 Å². The van der Waals surface area contributed by atoms with Crippen LogP contribution in [0.2, 0.25) is 0 Å². The molecule has 196 valence electrons. The summed E-state index contributed by atoms with van der Waals surface area (Å²) >= 11 is 1.77. The van der Waals surface area contributed by atoms with Crippen LogP contribution in [0.4, 0.5) is 0 Å². The van der Waals surface area contributed by atoms with Crippen LogP contribution in [0.25, 0.3) is 32.2 Å². The van der Waals surface area contributed by atoms with Crippen molar-refractivity contribution in [3.63, 3.8) is 0 Å². The lowest BCUT2D eigenvalue weighted by Gasteiger charge is -2.34. The van der Waals surface area contributed by atoms with Gasteiger partial charge in [-0.25, -0.2) is 0 Å². The molecular weight excluding hydrogens is 482 g/mol. The normalized spacial score (nSPS) is 15.1. The highest BCUT2D eigenvalue weighted by Gasteiger charge is 2.19. The highest BCUT2D eigenvalue weighted by Crippen LogP contribution is 2.39. The van der Waals surface area contributed by atoms with E-state index in [0.29, 0.717) is 13.2 Å². The molecule has 4 aromatic rings. The van der Waals surface area contributed by atoms with Gasteiger partial charge in [-0.05, 0) is 63.2 Å². The monoisotopic (exact) mass is 519 g/mol. The molecule has 1 aliphatic rings. The number of ether oxygens (including phenoxy) is 1. The molecule has 2 aromatic heterocycles. The molecule has 0 unspecified atom stereocenters. The average molecular weight is 520 g/mol. The molecule has 7 heteroatoms. The zero-order valence-electron chi connectivity index (χ0n) is 21.9. The van der Waals surface area contributed by atoms with E-state index in [4.69, 9.17) is 9.15 Å². The average Bonchev–Trinajstić information content (AvgIpc) is 3.50. The molecule has 0 bridgehead atoms. The van der Waals surface area contributed by atoms with Crippen molar-refractivity contribution in [1.82, 2.24) is 15.1 Å². The Hall–Kier alpha value is -2.87. The zero-order valence-corrected chi connectivity index (χ0v) is 22.7. The van der Waals surface area contributed by atoms with Crippen LogP contribution in [0.3, 0.4) is 0 Å². The van der Waals surface area contributed by atoms with Gasteiger partial charge in [-0.3, -0.25) is 9.69 Å². The molecule has 6 nitrogen and oxygen atoms in total. The van der Waals surface area contributed by atoms with Crippen LogP contribution in [-0.2, 0) is 4.79 Å². The van der Waals surface area contributed by atoms with Crippen molar-refractivity contribution >= 4 is 38.3 Å². The number of fused-ring (bicyclic) bond motifs is 2. The first-order chi connectivity index (χ1) is 18.1. The minimum atomic E-state index is 0.131. The van der Waals surface area contributed by atoms with E-state index in [-0.39, 0.29) is 11.9 Å². The van der Waals surface area contributed by atoms with Gasteiger partial charge < -0.3 is 19.4 Å². The molecule has 1 N–H and O–H groups in total. The molecule has 2 aromatic carbocycles. The molecule has 0 aliphatic carbocycles. The highest BCUT2D eigenvalue weighted by atomic mass is 32.1. The minimum absolute atomic E-state index is 0.131. The number of benzene rings is 2. The summed E-state index contributed by atoms with van der Waals surface area (Å²) in [5.74, 6) is 0.993. The summed E-state index contributed by atoms with van der Waals surface area (Å²) in [5.41, 5.74) is 3.23. The number of amides is 1. The van der Waals surface area contributed by atoms with Crippen LogP contribution in [0, 0.1) is 0 Å². The molecule has 1 amide bonds. The first kappa shape index (κ1) is 25.8. The van der Waals surface area contributed by atoms with Crippen molar-refractivity contribution in [3.05, 3.63) is 54.1 Å². The van der Waals surface area contributed by atoms with Crippen molar-refractivity contribution in [3.8, 4) is 16.9 Å². The number of carbonyl (C=O) groups is 1. The predicted molar refractivity (Wildman–Crippen MR) is 153 cm³/mol. The fourth-order valence-electron chi connectivity index (χ4n) is 5.04. The van der Waals surface area contributed by atoms with Crippen molar-refractivity contribution in [1.29, 1.82) is 0 Å². The van der Waals surface area contributed by atoms with Gasteiger partial charge in [0.1, 0.15) is 11.3 Å². The third kappa shape index (κ3) is 6.53. The number of hydrogen-bond donors (Lipinski definition) is 1. The van der Waals surface area contributed by atoms with E-state index in [1.807, 2.05) is 26.2 Å². The van der Waals surface area contributed by atoms with Gasteiger partial charge in [0.25, 0.3) is 0 Å².